The highest BCUT2D eigenvalue weighted by atomic mass is 35.5. The molecule has 1 heterocycles. The topological polar surface area (TPSA) is 59.6 Å². The number of nitrogens with one attached hydrogen (secondary N) is 1. The van der Waals surface area contributed by atoms with E-state index in [9.17, 15) is 0 Å². The quantitative estimate of drug-likeness (QED) is 0.661. The van der Waals surface area contributed by atoms with Gasteiger partial charge in [-0.3, -0.25) is 4.99 Å². The molecule has 1 saturated carbocycles. The van der Waals surface area contributed by atoms with Crippen LogP contribution in [0.25, 0.3) is 0 Å². The van der Waals surface area contributed by atoms with E-state index in [4.69, 9.17) is 22.1 Å². The van der Waals surface area contributed by atoms with Crippen molar-refractivity contribution in [2.45, 2.75) is 37.3 Å². The second-order valence-corrected chi connectivity index (χ2v) is 5.94. The Morgan fingerprint density at radius 3 is 2.90 bits per heavy atom. The van der Waals surface area contributed by atoms with E-state index in [1.54, 1.807) is 0 Å². The van der Waals surface area contributed by atoms with Crippen LogP contribution in [-0.4, -0.2) is 31.3 Å². The predicted octanol–water partition coefficient (Wildman–Crippen LogP) is 2.28. The molecule has 3 rings (SSSR count). The zero-order valence-corrected chi connectivity index (χ0v) is 12.1. The predicted molar refractivity (Wildman–Crippen MR) is 81.2 cm³/mol. The lowest BCUT2D eigenvalue weighted by Gasteiger charge is -2.08. The lowest BCUT2D eigenvalue weighted by molar-refractivity contribution is 0.118. The summed E-state index contributed by atoms with van der Waals surface area (Å²) in [6.45, 7) is 1.52. The van der Waals surface area contributed by atoms with Gasteiger partial charge in [0.05, 0.1) is 12.6 Å². The molecule has 1 aromatic carbocycles. The van der Waals surface area contributed by atoms with Gasteiger partial charge in [-0.05, 0) is 37.0 Å². The standard InChI is InChI=1S/C15H20ClN3O/c16-11-5-3-10(4-6-11)13-8-14(13)19-15(17)18-9-12-2-1-7-20-12/h3-6,12-14H,1-2,7-9H2,(H3,17,18,19)/t12?,13-,14+/m0/s1. The molecule has 1 aromatic rings. The van der Waals surface area contributed by atoms with E-state index in [1.807, 2.05) is 12.1 Å². The van der Waals surface area contributed by atoms with Crippen molar-refractivity contribution in [1.82, 2.24) is 5.32 Å². The van der Waals surface area contributed by atoms with Gasteiger partial charge in [0, 0.05) is 23.6 Å². The Morgan fingerprint density at radius 2 is 2.20 bits per heavy atom. The van der Waals surface area contributed by atoms with Crippen LogP contribution in [0.1, 0.15) is 30.7 Å². The molecule has 0 spiro atoms. The third-order valence-corrected chi connectivity index (χ3v) is 4.16. The maximum Gasteiger partial charge on any atom is 0.188 e. The third kappa shape index (κ3) is 3.44. The van der Waals surface area contributed by atoms with E-state index >= 15 is 0 Å². The summed E-state index contributed by atoms with van der Waals surface area (Å²) >= 11 is 5.89. The summed E-state index contributed by atoms with van der Waals surface area (Å²) in [5.41, 5.74) is 7.22. The minimum atomic E-state index is 0.251. The van der Waals surface area contributed by atoms with E-state index in [0.29, 0.717) is 24.5 Å². The van der Waals surface area contributed by atoms with Crippen LogP contribution in [0, 0.1) is 0 Å². The summed E-state index contributed by atoms with van der Waals surface area (Å²) in [5.74, 6) is 1.05. The molecule has 1 unspecified atom stereocenters. The maximum atomic E-state index is 5.92. The first-order valence-corrected chi connectivity index (χ1v) is 7.53. The largest absolute Gasteiger partial charge is 0.376 e. The smallest absolute Gasteiger partial charge is 0.188 e. The van der Waals surface area contributed by atoms with Gasteiger partial charge in [0.1, 0.15) is 0 Å². The number of hydrogen-bond acceptors (Lipinski definition) is 2. The first kappa shape index (κ1) is 13.7. The van der Waals surface area contributed by atoms with Gasteiger partial charge < -0.3 is 15.8 Å². The van der Waals surface area contributed by atoms with Crippen molar-refractivity contribution in [2.75, 3.05) is 13.2 Å². The van der Waals surface area contributed by atoms with Gasteiger partial charge in [0.2, 0.25) is 0 Å². The van der Waals surface area contributed by atoms with E-state index in [0.717, 1.165) is 30.9 Å². The molecule has 108 valence electrons. The lowest BCUT2D eigenvalue weighted by Crippen LogP contribution is -2.34. The molecule has 2 fully saturated rings. The van der Waals surface area contributed by atoms with Crippen molar-refractivity contribution >= 4 is 17.6 Å². The molecular weight excluding hydrogens is 274 g/mol. The van der Waals surface area contributed by atoms with Crippen LogP contribution in [0.2, 0.25) is 5.02 Å². The summed E-state index contributed by atoms with van der Waals surface area (Å²) in [5, 5.41) is 4.05. The van der Waals surface area contributed by atoms with Gasteiger partial charge in [0.25, 0.3) is 0 Å². The van der Waals surface area contributed by atoms with Gasteiger partial charge in [-0.15, -0.1) is 0 Å². The van der Waals surface area contributed by atoms with Crippen LogP contribution in [0.4, 0.5) is 0 Å². The van der Waals surface area contributed by atoms with Crippen LogP contribution in [0.15, 0.2) is 29.3 Å². The Hall–Kier alpha value is -1.26. The van der Waals surface area contributed by atoms with Crippen LogP contribution in [-0.2, 0) is 4.74 Å². The average Bonchev–Trinajstić information content (AvgIpc) is 3.00. The van der Waals surface area contributed by atoms with E-state index in [-0.39, 0.29) is 6.10 Å². The van der Waals surface area contributed by atoms with Crippen molar-refractivity contribution in [3.05, 3.63) is 34.9 Å². The van der Waals surface area contributed by atoms with Crippen molar-refractivity contribution < 1.29 is 4.74 Å². The molecule has 0 bridgehead atoms. The van der Waals surface area contributed by atoms with Gasteiger partial charge in [0.15, 0.2) is 5.96 Å². The maximum absolute atomic E-state index is 5.92. The number of nitrogens with two attached hydrogens (primary N) is 1. The van der Waals surface area contributed by atoms with Crippen molar-refractivity contribution in [2.24, 2.45) is 10.7 Å². The van der Waals surface area contributed by atoms with Gasteiger partial charge in [-0.2, -0.15) is 0 Å². The van der Waals surface area contributed by atoms with Crippen molar-refractivity contribution in [3.63, 3.8) is 0 Å². The van der Waals surface area contributed by atoms with Crippen molar-refractivity contribution in [3.8, 4) is 0 Å². The van der Waals surface area contributed by atoms with Crippen LogP contribution >= 0.6 is 11.6 Å². The Bertz CT molecular complexity index is 482. The number of ether oxygens (including phenoxy) is 1. The number of guanidine groups is 1. The number of aliphatic imine (C=N–C) groups is 1. The fourth-order valence-electron chi connectivity index (χ4n) is 2.66. The minimum absolute atomic E-state index is 0.251. The molecule has 4 nitrogen and oxygen atoms in total. The van der Waals surface area contributed by atoms with Crippen LogP contribution < -0.4 is 11.1 Å². The monoisotopic (exact) mass is 293 g/mol. The van der Waals surface area contributed by atoms with E-state index < -0.39 is 0 Å². The highest BCUT2D eigenvalue weighted by Crippen LogP contribution is 2.40. The first-order chi connectivity index (χ1) is 9.72. The molecule has 0 aromatic heterocycles. The molecule has 2 aliphatic rings. The van der Waals surface area contributed by atoms with Gasteiger partial charge in [-0.25, -0.2) is 0 Å². The van der Waals surface area contributed by atoms with Crippen molar-refractivity contribution in [1.29, 1.82) is 0 Å². The Kier molecular flexibility index (Phi) is 4.13. The molecular formula is C15H20ClN3O. The summed E-state index contributed by atoms with van der Waals surface area (Å²) in [6, 6.07) is 8.41. The number of hydrogen-bond donors (Lipinski definition) is 2. The zero-order chi connectivity index (χ0) is 13.9. The summed E-state index contributed by atoms with van der Waals surface area (Å²) in [6.07, 6.45) is 3.57. The Balaban J connectivity index is 1.47. The van der Waals surface area contributed by atoms with Crippen LogP contribution in [0.5, 0.6) is 0 Å². The number of benzene rings is 1. The van der Waals surface area contributed by atoms with E-state index in [2.05, 4.69) is 22.4 Å². The molecule has 0 amide bonds. The minimum Gasteiger partial charge on any atom is -0.376 e. The molecule has 1 aliphatic heterocycles. The molecule has 3 atom stereocenters. The Labute approximate surface area is 124 Å². The first-order valence-electron chi connectivity index (χ1n) is 7.16. The SMILES string of the molecule is NC(=NCC1CCCO1)N[C@@H]1C[C@H]1c1ccc(Cl)cc1. The lowest BCUT2D eigenvalue weighted by atomic mass is 10.1. The Morgan fingerprint density at radius 1 is 1.40 bits per heavy atom. The fraction of sp³-hybridized carbons (Fsp3) is 0.533. The fourth-order valence-corrected chi connectivity index (χ4v) is 2.78. The summed E-state index contributed by atoms with van der Waals surface area (Å²) < 4.78 is 5.52. The van der Waals surface area contributed by atoms with Gasteiger partial charge >= 0.3 is 0 Å². The molecule has 1 saturated heterocycles. The molecule has 0 radical (unpaired) electrons. The average molecular weight is 294 g/mol. The van der Waals surface area contributed by atoms with Crippen LogP contribution in [0.3, 0.4) is 0 Å². The summed E-state index contributed by atoms with van der Waals surface area (Å²) in [7, 11) is 0. The van der Waals surface area contributed by atoms with Gasteiger partial charge in [-0.1, -0.05) is 23.7 Å². The normalized spacial score (nSPS) is 29.4. The van der Waals surface area contributed by atoms with E-state index in [1.165, 1.54) is 5.56 Å². The molecule has 3 N–H and O–H groups in total. The second kappa shape index (κ2) is 6.02. The third-order valence-electron chi connectivity index (χ3n) is 3.91. The molecule has 20 heavy (non-hydrogen) atoms. The number of nitrogens with zero attached hydrogens (tertiary/aromatic N) is 1. The highest BCUT2D eigenvalue weighted by molar-refractivity contribution is 6.30. The molecule has 1 aliphatic carbocycles. The second-order valence-electron chi connectivity index (χ2n) is 5.51. The highest BCUT2D eigenvalue weighted by Gasteiger charge is 2.38. The zero-order valence-electron chi connectivity index (χ0n) is 11.4. The summed E-state index contributed by atoms with van der Waals surface area (Å²) in [4.78, 5) is 4.37. The molecule has 5 heteroatoms. The number of halogens is 1. The number of rotatable bonds is 4.